The van der Waals surface area contributed by atoms with Crippen molar-refractivity contribution in [3.8, 4) is 0 Å². The largest absolute Gasteiger partial charge is 2.00 e. The van der Waals surface area contributed by atoms with Crippen LogP contribution in [-0.2, 0) is 35.4 Å². The predicted molar refractivity (Wildman–Crippen MR) is 181 cm³/mol. The third-order valence-corrected chi connectivity index (χ3v) is 5.74. The molecule has 0 atom stereocenters. The molecule has 0 aromatic heterocycles. The monoisotopic (exact) mass is 668 g/mol. The Morgan fingerprint density at radius 3 is 0.447 bits per heavy atom. The zero-order chi connectivity index (χ0) is 31.1. The molecule has 0 unspecified atom stereocenters. The van der Waals surface area contributed by atoms with E-state index >= 15 is 0 Å². The van der Waals surface area contributed by atoms with E-state index in [1.807, 2.05) is 121 Å². The minimum atomic E-state index is 0. The topological polar surface area (TPSA) is 36.9 Å². The van der Waals surface area contributed by atoms with Gasteiger partial charge in [0.05, 0.1) is 0 Å². The van der Waals surface area contributed by atoms with Crippen LogP contribution in [0, 0.1) is 24.3 Å². The number of hydrogen-bond acceptors (Lipinski definition) is 4. The Morgan fingerprint density at radius 2 is 0.404 bits per heavy atom. The summed E-state index contributed by atoms with van der Waals surface area (Å²) in [7, 11) is 0. The van der Waals surface area contributed by atoms with Crippen LogP contribution in [0.4, 0.5) is 0 Å². The summed E-state index contributed by atoms with van der Waals surface area (Å²) in [4.78, 5) is 0. The average molecular weight is 669 g/mol. The quantitative estimate of drug-likeness (QED) is 0.213. The molecule has 248 valence electrons. The fourth-order valence-corrected chi connectivity index (χ4v) is 3.41. The Kier molecular flexibility index (Phi) is 49.3. The van der Waals surface area contributed by atoms with E-state index in [9.17, 15) is 0 Å². The van der Waals surface area contributed by atoms with Gasteiger partial charge in [-0.05, 0) is 51.4 Å². The fraction of sp³-hybridized carbons (Fsp3) is 0.400. The van der Waals surface area contributed by atoms with Gasteiger partial charge in [0.15, 0.2) is 0 Å². The summed E-state index contributed by atoms with van der Waals surface area (Å²) in [5, 5.41) is 0. The standard InChI is InChI=1S/4C6H5.4C4H8O.2Li.Ni/c4*1-2-4-6-5-3-1;4*1-2-4-5-3-1;;;/h4*1-5H;4*1-4H2;;;/q4*-1;;;;;2*+1;+2. The van der Waals surface area contributed by atoms with Gasteiger partial charge in [0.25, 0.3) is 0 Å². The molecule has 0 aliphatic carbocycles. The van der Waals surface area contributed by atoms with Crippen LogP contribution in [0.3, 0.4) is 0 Å². The minimum absolute atomic E-state index is 0. The first-order chi connectivity index (χ1) is 22.0. The summed E-state index contributed by atoms with van der Waals surface area (Å²) in [5.74, 6) is 0. The number of rotatable bonds is 0. The van der Waals surface area contributed by atoms with Crippen LogP contribution < -0.4 is 37.7 Å². The summed E-state index contributed by atoms with van der Waals surface area (Å²) in [5.41, 5.74) is 0. The maximum absolute atomic E-state index is 4.94. The first-order valence-electron chi connectivity index (χ1n) is 16.0. The van der Waals surface area contributed by atoms with Gasteiger partial charge in [-0.1, -0.05) is 0 Å². The molecular formula is C40H52Li2NiO4. The van der Waals surface area contributed by atoms with Crippen LogP contribution in [0.1, 0.15) is 51.4 Å². The molecule has 4 aliphatic rings. The van der Waals surface area contributed by atoms with Crippen LogP contribution in [-0.4, -0.2) is 52.9 Å². The SMILES string of the molecule is C1CCOC1.C1CCOC1.C1CCOC1.C1CCOC1.[Li+].[Li+].[Ni+2].[c-]1ccccc1.[c-]1ccccc1.[c-]1ccccc1.[c-]1ccccc1. The zero-order valence-electron chi connectivity index (χ0n) is 28.8. The third kappa shape index (κ3) is 44.4. The van der Waals surface area contributed by atoms with Crippen LogP contribution in [0.2, 0.25) is 0 Å². The molecule has 0 N–H and O–H groups in total. The van der Waals surface area contributed by atoms with E-state index in [0.717, 1.165) is 52.9 Å². The molecule has 47 heavy (non-hydrogen) atoms. The molecule has 8 rings (SSSR count). The minimum Gasteiger partial charge on any atom is -0.381 e. The van der Waals surface area contributed by atoms with Gasteiger partial charge >= 0.3 is 54.2 Å². The summed E-state index contributed by atoms with van der Waals surface area (Å²) in [6.07, 6.45) is 10.2. The summed E-state index contributed by atoms with van der Waals surface area (Å²) < 4.78 is 19.8. The molecule has 4 heterocycles. The molecule has 0 amide bonds. The number of hydrogen-bond donors (Lipinski definition) is 0. The van der Waals surface area contributed by atoms with Crippen molar-refractivity contribution in [1.29, 1.82) is 0 Å². The maximum Gasteiger partial charge on any atom is 2.00 e. The zero-order valence-corrected chi connectivity index (χ0v) is 29.8. The molecule has 0 spiro atoms. The molecule has 0 saturated carbocycles. The smallest absolute Gasteiger partial charge is 0.381 e. The van der Waals surface area contributed by atoms with E-state index < -0.39 is 0 Å². The van der Waals surface area contributed by atoms with Gasteiger partial charge in [-0.3, -0.25) is 0 Å². The van der Waals surface area contributed by atoms with Gasteiger partial charge in [0.1, 0.15) is 0 Å². The van der Waals surface area contributed by atoms with E-state index in [0.29, 0.717) is 0 Å². The van der Waals surface area contributed by atoms with E-state index in [4.69, 9.17) is 18.9 Å². The number of benzene rings is 4. The Morgan fingerprint density at radius 1 is 0.255 bits per heavy atom. The van der Waals surface area contributed by atoms with Crippen LogP contribution >= 0.6 is 0 Å². The molecule has 4 aliphatic heterocycles. The summed E-state index contributed by atoms with van der Waals surface area (Å²) in [6, 6.07) is 50.0. The van der Waals surface area contributed by atoms with E-state index in [1.165, 1.54) is 51.4 Å². The van der Waals surface area contributed by atoms with E-state index in [1.54, 1.807) is 0 Å². The second-order valence-corrected chi connectivity index (χ2v) is 9.59. The molecule has 4 nitrogen and oxygen atoms in total. The van der Waals surface area contributed by atoms with Crippen molar-refractivity contribution in [3.05, 3.63) is 146 Å². The molecule has 4 aromatic rings. The Labute approximate surface area is 321 Å². The number of ether oxygens (including phenoxy) is 4. The van der Waals surface area contributed by atoms with Crippen molar-refractivity contribution < 1.29 is 73.2 Å². The maximum atomic E-state index is 4.94. The van der Waals surface area contributed by atoms with Crippen LogP contribution in [0.15, 0.2) is 121 Å². The summed E-state index contributed by atoms with van der Waals surface area (Å²) in [6.45, 7) is 8.00. The van der Waals surface area contributed by atoms with Crippen molar-refractivity contribution in [2.75, 3.05) is 52.9 Å². The van der Waals surface area contributed by atoms with Crippen LogP contribution in [0.25, 0.3) is 0 Å². The molecular weight excluding hydrogens is 617 g/mol. The van der Waals surface area contributed by atoms with E-state index in [2.05, 4.69) is 24.3 Å². The second-order valence-electron chi connectivity index (χ2n) is 9.59. The van der Waals surface area contributed by atoms with Crippen molar-refractivity contribution in [1.82, 2.24) is 0 Å². The Bertz CT molecular complexity index is 671. The van der Waals surface area contributed by atoms with Gasteiger partial charge < -0.3 is 18.9 Å². The van der Waals surface area contributed by atoms with Gasteiger partial charge in [0, 0.05) is 52.9 Å². The average Bonchev–Trinajstić information content (AvgIpc) is 4.00. The van der Waals surface area contributed by atoms with Crippen molar-refractivity contribution in [3.63, 3.8) is 0 Å². The van der Waals surface area contributed by atoms with Gasteiger partial charge in [-0.25, -0.2) is 0 Å². The molecule has 4 fully saturated rings. The normalized spacial score (nSPS) is 14.3. The summed E-state index contributed by atoms with van der Waals surface area (Å²) >= 11 is 0. The van der Waals surface area contributed by atoms with Crippen LogP contribution in [0.5, 0.6) is 0 Å². The van der Waals surface area contributed by atoms with Gasteiger partial charge in [-0.2, -0.15) is 146 Å². The first-order valence-corrected chi connectivity index (χ1v) is 16.0. The third-order valence-electron chi connectivity index (χ3n) is 5.74. The Balaban J connectivity index is -0.000000467. The van der Waals surface area contributed by atoms with Gasteiger partial charge in [-0.15, -0.1) is 0 Å². The first kappa shape index (κ1) is 49.8. The second kappa shape index (κ2) is 46.5. The molecule has 0 bridgehead atoms. The molecule has 4 saturated heterocycles. The van der Waals surface area contributed by atoms with Crippen molar-refractivity contribution >= 4 is 0 Å². The molecule has 4 aromatic carbocycles. The van der Waals surface area contributed by atoms with Crippen molar-refractivity contribution in [2.24, 2.45) is 0 Å². The Hall–Kier alpha value is -1.59. The molecule has 0 radical (unpaired) electrons. The van der Waals surface area contributed by atoms with Crippen molar-refractivity contribution in [2.45, 2.75) is 51.4 Å². The van der Waals surface area contributed by atoms with Gasteiger partial charge in [0.2, 0.25) is 0 Å². The predicted octanol–water partition coefficient (Wildman–Crippen LogP) is 3.14. The fourth-order valence-electron chi connectivity index (χ4n) is 3.41. The molecule has 7 heteroatoms. The van der Waals surface area contributed by atoms with E-state index in [-0.39, 0.29) is 54.2 Å².